The summed E-state index contributed by atoms with van der Waals surface area (Å²) in [5, 5.41) is 11.6. The standard InChI is InChI=1S/C25H31N5O3/c31-23(26-19-10-4-5-11-19)18-7-6-16-30(17-18)25(33)29-22-14-12-21(13-15-22)28-24(32)27-20-8-2-1-3-9-20/h1-3,8-9,12-15,18-19H,4-7,10-11,16-17H2,(H,26,31)(H,29,33)(H2,27,28,32)/t18-/m0/s1. The molecule has 0 spiro atoms. The third kappa shape index (κ3) is 6.47. The van der Waals surface area contributed by atoms with Crippen molar-refractivity contribution in [1.29, 1.82) is 0 Å². The van der Waals surface area contributed by atoms with Crippen molar-refractivity contribution in [2.24, 2.45) is 5.92 Å². The van der Waals surface area contributed by atoms with Crippen LogP contribution >= 0.6 is 0 Å². The second-order valence-electron chi connectivity index (χ2n) is 8.73. The lowest BCUT2D eigenvalue weighted by Crippen LogP contribution is -2.48. The van der Waals surface area contributed by atoms with Gasteiger partial charge in [-0.2, -0.15) is 0 Å². The average Bonchev–Trinajstić information content (AvgIpc) is 3.34. The Kier molecular flexibility index (Phi) is 7.44. The molecular formula is C25H31N5O3. The number of para-hydroxylation sites is 1. The summed E-state index contributed by atoms with van der Waals surface area (Å²) in [6.07, 6.45) is 6.10. The van der Waals surface area contributed by atoms with Gasteiger partial charge in [0.2, 0.25) is 5.91 Å². The molecule has 1 saturated heterocycles. The number of benzene rings is 2. The van der Waals surface area contributed by atoms with Crippen LogP contribution in [0.2, 0.25) is 0 Å². The fourth-order valence-electron chi connectivity index (χ4n) is 4.42. The molecule has 5 amide bonds. The molecule has 1 aliphatic carbocycles. The fraction of sp³-hybridized carbons (Fsp3) is 0.400. The lowest BCUT2D eigenvalue weighted by Gasteiger charge is -2.32. The van der Waals surface area contributed by atoms with Gasteiger partial charge in [0.15, 0.2) is 0 Å². The Morgan fingerprint density at radius 1 is 0.727 bits per heavy atom. The van der Waals surface area contributed by atoms with Crippen LogP contribution in [0.5, 0.6) is 0 Å². The number of urea groups is 2. The van der Waals surface area contributed by atoms with E-state index in [4.69, 9.17) is 0 Å². The highest BCUT2D eigenvalue weighted by Gasteiger charge is 2.30. The Labute approximate surface area is 194 Å². The summed E-state index contributed by atoms with van der Waals surface area (Å²) < 4.78 is 0. The topological polar surface area (TPSA) is 103 Å². The van der Waals surface area contributed by atoms with Crippen molar-refractivity contribution in [2.45, 2.75) is 44.6 Å². The lowest BCUT2D eigenvalue weighted by molar-refractivity contribution is -0.126. The van der Waals surface area contributed by atoms with E-state index in [0.29, 0.717) is 36.2 Å². The first-order valence-electron chi connectivity index (χ1n) is 11.7. The monoisotopic (exact) mass is 449 g/mol. The molecule has 2 fully saturated rings. The van der Waals surface area contributed by atoms with Gasteiger partial charge in [-0.05, 0) is 62.1 Å². The lowest BCUT2D eigenvalue weighted by atomic mass is 9.97. The van der Waals surface area contributed by atoms with Crippen LogP contribution in [0.3, 0.4) is 0 Å². The van der Waals surface area contributed by atoms with E-state index in [1.807, 2.05) is 30.3 Å². The molecule has 33 heavy (non-hydrogen) atoms. The molecule has 4 rings (SSSR count). The van der Waals surface area contributed by atoms with Gasteiger partial charge in [-0.1, -0.05) is 31.0 Å². The second kappa shape index (κ2) is 10.8. The summed E-state index contributed by atoms with van der Waals surface area (Å²) in [4.78, 5) is 39.2. The molecule has 4 N–H and O–H groups in total. The quantitative estimate of drug-likeness (QED) is 0.535. The van der Waals surface area contributed by atoms with Gasteiger partial charge in [-0.15, -0.1) is 0 Å². The molecule has 8 heteroatoms. The van der Waals surface area contributed by atoms with Crippen molar-refractivity contribution in [3.63, 3.8) is 0 Å². The van der Waals surface area contributed by atoms with Gasteiger partial charge in [-0.25, -0.2) is 9.59 Å². The highest BCUT2D eigenvalue weighted by molar-refractivity contribution is 6.00. The van der Waals surface area contributed by atoms with Gasteiger partial charge < -0.3 is 26.2 Å². The van der Waals surface area contributed by atoms with Gasteiger partial charge in [0.25, 0.3) is 0 Å². The zero-order chi connectivity index (χ0) is 23.0. The molecule has 2 aliphatic rings. The third-order valence-electron chi connectivity index (χ3n) is 6.21. The van der Waals surface area contributed by atoms with E-state index in [9.17, 15) is 14.4 Å². The Bertz CT molecular complexity index is 958. The minimum Gasteiger partial charge on any atom is -0.353 e. The average molecular weight is 450 g/mol. The van der Waals surface area contributed by atoms with E-state index in [1.54, 1.807) is 29.2 Å². The van der Waals surface area contributed by atoms with Crippen molar-refractivity contribution in [2.75, 3.05) is 29.0 Å². The summed E-state index contributed by atoms with van der Waals surface area (Å²) in [7, 11) is 0. The maximum atomic E-state index is 12.7. The first kappa shape index (κ1) is 22.6. The zero-order valence-corrected chi connectivity index (χ0v) is 18.7. The molecule has 0 aromatic heterocycles. The van der Waals surface area contributed by atoms with Gasteiger partial charge in [0.05, 0.1) is 5.92 Å². The van der Waals surface area contributed by atoms with Crippen molar-refractivity contribution < 1.29 is 14.4 Å². The van der Waals surface area contributed by atoms with E-state index in [-0.39, 0.29) is 23.9 Å². The largest absolute Gasteiger partial charge is 0.353 e. The van der Waals surface area contributed by atoms with Crippen LogP contribution in [0.1, 0.15) is 38.5 Å². The maximum absolute atomic E-state index is 12.7. The minimum atomic E-state index is -0.340. The maximum Gasteiger partial charge on any atom is 0.323 e. The number of likely N-dealkylation sites (tertiary alicyclic amines) is 1. The van der Waals surface area contributed by atoms with E-state index in [2.05, 4.69) is 21.3 Å². The van der Waals surface area contributed by atoms with Gasteiger partial charge in [-0.3, -0.25) is 4.79 Å². The molecule has 0 unspecified atom stereocenters. The molecule has 174 valence electrons. The Morgan fingerprint density at radius 3 is 2.00 bits per heavy atom. The Morgan fingerprint density at radius 2 is 1.33 bits per heavy atom. The minimum absolute atomic E-state index is 0.0728. The van der Waals surface area contributed by atoms with Gasteiger partial charge >= 0.3 is 12.1 Å². The number of hydrogen-bond donors (Lipinski definition) is 4. The van der Waals surface area contributed by atoms with E-state index < -0.39 is 0 Å². The normalized spacial score (nSPS) is 18.4. The van der Waals surface area contributed by atoms with Crippen molar-refractivity contribution in [3.05, 3.63) is 54.6 Å². The Balaban J connectivity index is 1.25. The highest BCUT2D eigenvalue weighted by Crippen LogP contribution is 2.22. The number of rotatable bonds is 5. The molecule has 2 aromatic rings. The van der Waals surface area contributed by atoms with Crippen LogP contribution in [0.4, 0.5) is 26.7 Å². The molecule has 2 aromatic carbocycles. The molecule has 1 saturated carbocycles. The van der Waals surface area contributed by atoms with Crippen molar-refractivity contribution in [3.8, 4) is 0 Å². The van der Waals surface area contributed by atoms with E-state index in [0.717, 1.165) is 25.7 Å². The molecule has 8 nitrogen and oxygen atoms in total. The van der Waals surface area contributed by atoms with E-state index >= 15 is 0 Å². The SMILES string of the molecule is O=C(Nc1ccccc1)Nc1ccc(NC(=O)N2CCC[C@H](C(=O)NC3CCCC3)C2)cc1. The number of amides is 5. The van der Waals surface area contributed by atoms with Crippen LogP contribution in [-0.2, 0) is 4.79 Å². The number of piperidine rings is 1. The molecule has 0 bridgehead atoms. The van der Waals surface area contributed by atoms with Gasteiger partial charge in [0.1, 0.15) is 0 Å². The summed E-state index contributed by atoms with van der Waals surface area (Å²) in [5.74, 6) is -0.0802. The zero-order valence-electron chi connectivity index (χ0n) is 18.7. The number of nitrogens with zero attached hydrogens (tertiary/aromatic N) is 1. The van der Waals surface area contributed by atoms with Crippen molar-refractivity contribution >= 4 is 35.0 Å². The van der Waals surface area contributed by atoms with E-state index in [1.165, 1.54) is 12.8 Å². The van der Waals surface area contributed by atoms with Crippen LogP contribution in [0, 0.1) is 5.92 Å². The molecular weight excluding hydrogens is 418 g/mol. The summed E-state index contributed by atoms with van der Waals surface area (Å²) in [6, 6.07) is 15.9. The number of carbonyl (C=O) groups is 3. The van der Waals surface area contributed by atoms with Gasteiger partial charge in [0, 0.05) is 36.2 Å². The van der Waals surface area contributed by atoms with Crippen molar-refractivity contribution in [1.82, 2.24) is 10.2 Å². The predicted octanol–water partition coefficient (Wildman–Crippen LogP) is 4.63. The number of hydrogen-bond acceptors (Lipinski definition) is 3. The summed E-state index contributed by atoms with van der Waals surface area (Å²) >= 11 is 0. The van der Waals surface area contributed by atoms with Crippen LogP contribution in [-0.4, -0.2) is 42.0 Å². The molecule has 0 radical (unpaired) electrons. The Hall–Kier alpha value is -3.55. The van der Waals surface area contributed by atoms with Crippen LogP contribution in [0.15, 0.2) is 54.6 Å². The summed E-state index contributed by atoms with van der Waals surface area (Å²) in [6.45, 7) is 1.07. The summed E-state index contributed by atoms with van der Waals surface area (Å²) in [5.41, 5.74) is 1.95. The number of nitrogens with one attached hydrogen (secondary N) is 4. The first-order chi connectivity index (χ1) is 16.1. The number of carbonyl (C=O) groups excluding carboxylic acids is 3. The fourth-order valence-corrected chi connectivity index (χ4v) is 4.42. The molecule has 1 aliphatic heterocycles. The number of anilines is 3. The smallest absolute Gasteiger partial charge is 0.323 e. The van der Waals surface area contributed by atoms with Crippen LogP contribution in [0.25, 0.3) is 0 Å². The first-order valence-corrected chi connectivity index (χ1v) is 11.7. The third-order valence-corrected chi connectivity index (χ3v) is 6.21. The second-order valence-corrected chi connectivity index (χ2v) is 8.73. The molecule has 1 atom stereocenters. The molecule has 1 heterocycles. The predicted molar refractivity (Wildman–Crippen MR) is 129 cm³/mol. The van der Waals surface area contributed by atoms with Crippen LogP contribution < -0.4 is 21.3 Å². The highest BCUT2D eigenvalue weighted by atomic mass is 16.2.